The van der Waals surface area contributed by atoms with Crippen molar-refractivity contribution in [3.05, 3.63) is 0 Å². The predicted molar refractivity (Wildman–Crippen MR) is 69.7 cm³/mol. The summed E-state index contributed by atoms with van der Waals surface area (Å²) in [6, 6.07) is -0.941. The van der Waals surface area contributed by atoms with Crippen LogP contribution in [0.4, 0.5) is 4.79 Å². The van der Waals surface area contributed by atoms with Gasteiger partial charge < -0.3 is 19.6 Å². The van der Waals surface area contributed by atoms with Crippen LogP contribution in [0.25, 0.3) is 0 Å². The first-order valence-electron chi connectivity index (χ1n) is 6.81. The van der Waals surface area contributed by atoms with Gasteiger partial charge in [-0.05, 0) is 27.7 Å². The Morgan fingerprint density at radius 1 is 1.43 bits per heavy atom. The highest BCUT2D eigenvalue weighted by atomic mass is 16.8. The standard InChI is InChI=1S/C13H20N2O6/c1-8(14-11(18)20-12(2,3)4)10(17)21-15-9(16)5-6-13(15)7-19-13/h8H,5-7H2,1-4H3,(H,14,18)/t8-,13?/m0/s1. The van der Waals surface area contributed by atoms with Gasteiger partial charge >= 0.3 is 12.1 Å². The van der Waals surface area contributed by atoms with Crippen LogP contribution in [0.5, 0.6) is 0 Å². The maximum Gasteiger partial charge on any atom is 0.408 e. The number of ether oxygens (including phenoxy) is 2. The lowest BCUT2D eigenvalue weighted by Gasteiger charge is -2.23. The highest BCUT2D eigenvalue weighted by molar-refractivity contribution is 5.84. The highest BCUT2D eigenvalue weighted by Crippen LogP contribution is 2.42. The first-order valence-corrected chi connectivity index (χ1v) is 6.81. The van der Waals surface area contributed by atoms with Gasteiger partial charge in [-0.3, -0.25) is 4.79 Å². The van der Waals surface area contributed by atoms with E-state index in [9.17, 15) is 14.4 Å². The van der Waals surface area contributed by atoms with Gasteiger partial charge in [-0.15, -0.1) is 5.06 Å². The van der Waals surface area contributed by atoms with Crippen LogP contribution < -0.4 is 5.32 Å². The quantitative estimate of drug-likeness (QED) is 0.771. The number of hydrogen-bond donors (Lipinski definition) is 1. The molecule has 2 rings (SSSR count). The Morgan fingerprint density at radius 3 is 2.57 bits per heavy atom. The van der Waals surface area contributed by atoms with Gasteiger partial charge in [0.15, 0.2) is 0 Å². The molecule has 8 heteroatoms. The highest BCUT2D eigenvalue weighted by Gasteiger charge is 2.59. The Balaban J connectivity index is 1.85. The van der Waals surface area contributed by atoms with Gasteiger partial charge in [0.1, 0.15) is 18.2 Å². The topological polar surface area (TPSA) is 97.5 Å². The van der Waals surface area contributed by atoms with Crippen molar-refractivity contribution in [1.29, 1.82) is 0 Å². The van der Waals surface area contributed by atoms with E-state index in [0.29, 0.717) is 13.0 Å². The van der Waals surface area contributed by atoms with Crippen molar-refractivity contribution in [3.63, 3.8) is 0 Å². The fourth-order valence-electron chi connectivity index (χ4n) is 1.92. The second kappa shape index (κ2) is 5.18. The monoisotopic (exact) mass is 300 g/mol. The molecule has 2 aliphatic heterocycles. The van der Waals surface area contributed by atoms with Crippen molar-refractivity contribution in [2.24, 2.45) is 0 Å². The molecule has 0 radical (unpaired) electrons. The Labute approximate surface area is 122 Å². The molecule has 8 nitrogen and oxygen atoms in total. The van der Waals surface area contributed by atoms with E-state index in [0.717, 1.165) is 5.06 Å². The Kier molecular flexibility index (Phi) is 3.83. The minimum atomic E-state index is -0.941. The molecule has 118 valence electrons. The van der Waals surface area contributed by atoms with Gasteiger partial charge in [-0.25, -0.2) is 9.59 Å². The van der Waals surface area contributed by atoms with E-state index in [-0.39, 0.29) is 12.3 Å². The molecule has 2 saturated heterocycles. The van der Waals surface area contributed by atoms with Crippen molar-refractivity contribution < 1.29 is 28.7 Å². The zero-order chi connectivity index (χ0) is 15.8. The number of hydroxylamine groups is 2. The Hall–Kier alpha value is -1.83. The molecule has 1 N–H and O–H groups in total. The molecule has 21 heavy (non-hydrogen) atoms. The van der Waals surface area contributed by atoms with E-state index in [4.69, 9.17) is 14.3 Å². The van der Waals surface area contributed by atoms with Crippen LogP contribution in [-0.2, 0) is 23.9 Å². The maximum absolute atomic E-state index is 11.9. The van der Waals surface area contributed by atoms with Crippen LogP contribution in [0.2, 0.25) is 0 Å². The minimum absolute atomic E-state index is 0.279. The van der Waals surface area contributed by atoms with E-state index >= 15 is 0 Å². The lowest BCUT2D eigenvalue weighted by atomic mass is 10.2. The lowest BCUT2D eigenvalue weighted by Crippen LogP contribution is -2.46. The van der Waals surface area contributed by atoms with Crippen LogP contribution >= 0.6 is 0 Å². The smallest absolute Gasteiger partial charge is 0.408 e. The van der Waals surface area contributed by atoms with Crippen molar-refractivity contribution >= 4 is 18.0 Å². The average Bonchev–Trinajstić information content (AvgIpc) is 3.04. The molecule has 1 unspecified atom stereocenters. The Morgan fingerprint density at radius 2 is 2.05 bits per heavy atom. The minimum Gasteiger partial charge on any atom is -0.444 e. The van der Waals surface area contributed by atoms with Crippen LogP contribution in [0.15, 0.2) is 0 Å². The summed E-state index contributed by atoms with van der Waals surface area (Å²) >= 11 is 0. The second-order valence-electron chi connectivity index (χ2n) is 6.20. The molecule has 0 aromatic carbocycles. The van der Waals surface area contributed by atoms with Gasteiger partial charge in [-0.1, -0.05) is 0 Å². The van der Waals surface area contributed by atoms with Crippen LogP contribution in [0.1, 0.15) is 40.5 Å². The summed E-state index contributed by atoms with van der Waals surface area (Å²) < 4.78 is 10.2. The predicted octanol–water partition coefficient (Wildman–Crippen LogP) is 0.707. The number of rotatable bonds is 3. The van der Waals surface area contributed by atoms with Crippen molar-refractivity contribution in [2.45, 2.75) is 57.9 Å². The molecule has 0 aromatic heterocycles. The summed E-state index contributed by atoms with van der Waals surface area (Å²) in [7, 11) is 0. The van der Waals surface area contributed by atoms with Crippen molar-refractivity contribution in [3.8, 4) is 0 Å². The largest absolute Gasteiger partial charge is 0.444 e. The van der Waals surface area contributed by atoms with Gasteiger partial charge in [0.2, 0.25) is 5.72 Å². The molecule has 2 atom stereocenters. The molecule has 2 amide bonds. The number of alkyl carbamates (subject to hydrolysis) is 1. The van der Waals surface area contributed by atoms with Crippen molar-refractivity contribution in [1.82, 2.24) is 10.4 Å². The van der Waals surface area contributed by atoms with E-state index in [1.165, 1.54) is 6.92 Å². The van der Waals surface area contributed by atoms with Gasteiger partial charge in [-0.2, -0.15) is 0 Å². The number of amides is 2. The first-order chi connectivity index (χ1) is 9.63. The molecular weight excluding hydrogens is 280 g/mol. The molecule has 0 bridgehead atoms. The summed E-state index contributed by atoms with van der Waals surface area (Å²) in [5.41, 5.74) is -1.44. The fourth-order valence-corrected chi connectivity index (χ4v) is 1.92. The summed E-state index contributed by atoms with van der Waals surface area (Å²) in [5, 5.41) is 3.33. The summed E-state index contributed by atoms with van der Waals surface area (Å²) in [6.07, 6.45) is 0.0609. The lowest BCUT2D eigenvalue weighted by molar-refractivity contribution is -0.213. The SMILES string of the molecule is C[C@H](NC(=O)OC(C)(C)C)C(=O)ON1C(=O)CCC12CO2. The zero-order valence-corrected chi connectivity index (χ0v) is 12.6. The number of hydrogen-bond acceptors (Lipinski definition) is 6. The fraction of sp³-hybridized carbons (Fsp3) is 0.769. The summed E-state index contributed by atoms with van der Waals surface area (Å²) in [5.74, 6) is -1.05. The van der Waals surface area contributed by atoms with Crippen LogP contribution in [0, 0.1) is 0 Å². The molecule has 0 aromatic rings. The van der Waals surface area contributed by atoms with E-state index in [1.807, 2.05) is 0 Å². The number of nitrogens with zero attached hydrogens (tertiary/aromatic N) is 1. The van der Waals surface area contributed by atoms with Crippen molar-refractivity contribution in [2.75, 3.05) is 6.61 Å². The molecule has 2 fully saturated rings. The first kappa shape index (κ1) is 15.6. The maximum atomic E-state index is 11.9. The molecule has 0 saturated carbocycles. The molecule has 2 aliphatic rings. The number of carbonyl (C=O) groups is 3. The Bertz CT molecular complexity index is 466. The molecular formula is C13H20N2O6. The average molecular weight is 300 g/mol. The molecule has 2 heterocycles. The van der Waals surface area contributed by atoms with E-state index < -0.39 is 29.4 Å². The molecule has 0 aliphatic carbocycles. The third kappa shape index (κ3) is 3.63. The number of nitrogens with one attached hydrogen (secondary N) is 1. The van der Waals surface area contributed by atoms with E-state index in [1.54, 1.807) is 20.8 Å². The third-order valence-electron chi connectivity index (χ3n) is 3.07. The van der Waals surface area contributed by atoms with E-state index in [2.05, 4.69) is 5.32 Å². The third-order valence-corrected chi connectivity index (χ3v) is 3.07. The van der Waals surface area contributed by atoms with Gasteiger partial charge in [0.25, 0.3) is 5.91 Å². The normalized spacial score (nSPS) is 25.7. The zero-order valence-electron chi connectivity index (χ0n) is 12.6. The number of epoxide rings is 1. The van der Waals surface area contributed by atoms with Crippen LogP contribution in [0.3, 0.4) is 0 Å². The van der Waals surface area contributed by atoms with Gasteiger partial charge in [0, 0.05) is 12.8 Å². The summed E-state index contributed by atoms with van der Waals surface area (Å²) in [6.45, 7) is 6.96. The summed E-state index contributed by atoms with van der Waals surface area (Å²) in [4.78, 5) is 40.2. The number of carbonyl (C=O) groups excluding carboxylic acids is 3. The molecule has 1 spiro atoms. The second-order valence-corrected chi connectivity index (χ2v) is 6.20. The van der Waals surface area contributed by atoms with Crippen LogP contribution in [-0.4, -0.2) is 47.0 Å². The van der Waals surface area contributed by atoms with Gasteiger partial charge in [0.05, 0.1) is 0 Å².